The molecule has 0 bridgehead atoms. The van der Waals surface area contributed by atoms with Crippen LogP contribution in [0, 0.1) is 23.1 Å². The summed E-state index contributed by atoms with van der Waals surface area (Å²) < 4.78 is 13.7. The number of likely N-dealkylation sites (tertiary alicyclic amines) is 1. The van der Waals surface area contributed by atoms with Gasteiger partial charge in [-0.15, -0.1) is 0 Å². The Morgan fingerprint density at radius 1 is 1.50 bits per heavy atom. The van der Waals surface area contributed by atoms with Crippen molar-refractivity contribution in [1.82, 2.24) is 10.2 Å². The van der Waals surface area contributed by atoms with Crippen LogP contribution in [0.3, 0.4) is 0 Å². The Hall–Kier alpha value is -1.93. The monoisotopic (exact) mass is 275 g/mol. The van der Waals surface area contributed by atoms with Gasteiger partial charge in [0.2, 0.25) is 5.91 Å². The van der Waals surface area contributed by atoms with E-state index >= 15 is 0 Å². The van der Waals surface area contributed by atoms with Crippen molar-refractivity contribution in [3.8, 4) is 6.07 Å². The molecular weight excluding hydrogens is 257 g/mol. The van der Waals surface area contributed by atoms with E-state index in [2.05, 4.69) is 10.2 Å². The van der Waals surface area contributed by atoms with Crippen molar-refractivity contribution in [2.24, 2.45) is 5.92 Å². The summed E-state index contributed by atoms with van der Waals surface area (Å²) in [6, 6.07) is 6.44. The summed E-state index contributed by atoms with van der Waals surface area (Å²) in [5.41, 5.74) is 1.02. The number of nitrogens with one attached hydrogen (secondary N) is 1. The number of nitrogens with zero attached hydrogens (tertiary/aromatic N) is 2. The van der Waals surface area contributed by atoms with Crippen molar-refractivity contribution < 1.29 is 9.18 Å². The molecule has 0 unspecified atom stereocenters. The number of carbonyl (C=O) groups is 1. The number of carbonyl (C=O) groups excluding carboxylic acids is 1. The lowest BCUT2D eigenvalue weighted by Gasteiger charge is -2.31. The second-order valence-electron chi connectivity index (χ2n) is 5.08. The van der Waals surface area contributed by atoms with Crippen LogP contribution in [0.25, 0.3) is 0 Å². The van der Waals surface area contributed by atoms with Crippen LogP contribution in [0.5, 0.6) is 0 Å². The fraction of sp³-hybridized carbons (Fsp3) is 0.467. The highest BCUT2D eigenvalue weighted by Gasteiger charge is 2.24. The fourth-order valence-electron chi connectivity index (χ4n) is 2.56. The molecule has 1 saturated heterocycles. The number of hydrogen-bond acceptors (Lipinski definition) is 3. The highest BCUT2D eigenvalue weighted by atomic mass is 19.1. The van der Waals surface area contributed by atoms with Gasteiger partial charge in [-0.2, -0.15) is 5.26 Å². The van der Waals surface area contributed by atoms with Gasteiger partial charge in [-0.05, 0) is 44.1 Å². The molecule has 0 aromatic heterocycles. The number of nitriles is 1. The van der Waals surface area contributed by atoms with Crippen LogP contribution in [0.4, 0.5) is 4.39 Å². The van der Waals surface area contributed by atoms with E-state index in [9.17, 15) is 9.18 Å². The van der Waals surface area contributed by atoms with Gasteiger partial charge < -0.3 is 5.32 Å². The predicted octanol–water partition coefficient (Wildman–Crippen LogP) is 1.66. The molecule has 0 saturated carbocycles. The van der Waals surface area contributed by atoms with Gasteiger partial charge in [0.15, 0.2) is 0 Å². The highest BCUT2D eigenvalue weighted by Crippen LogP contribution is 2.20. The third kappa shape index (κ3) is 3.34. The van der Waals surface area contributed by atoms with Gasteiger partial charge in [0.1, 0.15) is 5.82 Å². The normalized spacial score (nSPS) is 16.6. The third-order valence-electron chi connectivity index (χ3n) is 3.77. The lowest BCUT2D eigenvalue weighted by atomic mass is 9.95. The van der Waals surface area contributed by atoms with Crippen molar-refractivity contribution in [3.05, 3.63) is 35.1 Å². The molecule has 1 aromatic rings. The van der Waals surface area contributed by atoms with Crippen molar-refractivity contribution in [2.45, 2.75) is 19.4 Å². The van der Waals surface area contributed by atoms with Crippen molar-refractivity contribution in [1.29, 1.82) is 5.26 Å². The minimum atomic E-state index is -0.280. The van der Waals surface area contributed by atoms with Gasteiger partial charge in [-0.1, -0.05) is 0 Å². The van der Waals surface area contributed by atoms with Gasteiger partial charge >= 0.3 is 0 Å². The molecule has 1 amide bonds. The van der Waals surface area contributed by atoms with Crippen LogP contribution >= 0.6 is 0 Å². The number of piperidine rings is 1. The van der Waals surface area contributed by atoms with Crippen LogP contribution in [0.15, 0.2) is 18.2 Å². The maximum Gasteiger partial charge on any atom is 0.222 e. The lowest BCUT2D eigenvalue weighted by Crippen LogP contribution is -2.39. The molecule has 20 heavy (non-hydrogen) atoms. The van der Waals surface area contributed by atoms with E-state index in [-0.39, 0.29) is 17.6 Å². The van der Waals surface area contributed by atoms with Crippen molar-refractivity contribution in [3.63, 3.8) is 0 Å². The van der Waals surface area contributed by atoms with E-state index in [0.717, 1.165) is 25.9 Å². The van der Waals surface area contributed by atoms with Crippen LogP contribution in [-0.4, -0.2) is 30.9 Å². The van der Waals surface area contributed by atoms with Gasteiger partial charge in [0.05, 0.1) is 11.6 Å². The number of benzene rings is 1. The molecule has 0 atom stereocenters. The molecule has 0 aliphatic carbocycles. The molecule has 1 fully saturated rings. The molecule has 1 heterocycles. The maximum absolute atomic E-state index is 13.7. The average molecular weight is 275 g/mol. The SMILES string of the molecule is CNC(=O)C1CCN(Cc2cc(C#N)ccc2F)CC1. The Labute approximate surface area is 118 Å². The Morgan fingerprint density at radius 2 is 2.20 bits per heavy atom. The molecule has 5 heteroatoms. The summed E-state index contributed by atoms with van der Waals surface area (Å²) in [4.78, 5) is 13.7. The second kappa shape index (κ2) is 6.49. The minimum Gasteiger partial charge on any atom is -0.359 e. The van der Waals surface area contributed by atoms with E-state index < -0.39 is 0 Å². The quantitative estimate of drug-likeness (QED) is 0.912. The van der Waals surface area contributed by atoms with E-state index in [1.54, 1.807) is 13.1 Å². The summed E-state index contributed by atoms with van der Waals surface area (Å²) in [6.07, 6.45) is 1.58. The molecule has 1 aliphatic heterocycles. The molecular formula is C15H18FN3O. The summed E-state index contributed by atoms with van der Waals surface area (Å²) in [6.45, 7) is 2.03. The van der Waals surface area contributed by atoms with Gasteiger partial charge in [0, 0.05) is 25.1 Å². The topological polar surface area (TPSA) is 56.1 Å². The first-order chi connectivity index (χ1) is 9.63. The zero-order valence-corrected chi connectivity index (χ0v) is 11.5. The van der Waals surface area contributed by atoms with Gasteiger partial charge in [-0.25, -0.2) is 4.39 Å². The predicted molar refractivity (Wildman–Crippen MR) is 73.2 cm³/mol. The standard InChI is InChI=1S/C15H18FN3O/c1-18-15(20)12-4-6-19(7-5-12)10-13-8-11(9-17)2-3-14(13)16/h2-3,8,12H,4-7,10H2,1H3,(H,18,20). The number of halogens is 1. The van der Waals surface area contributed by atoms with E-state index in [4.69, 9.17) is 5.26 Å². The molecule has 1 N–H and O–H groups in total. The number of amides is 1. The summed E-state index contributed by atoms with van der Waals surface area (Å²) in [7, 11) is 1.65. The molecule has 1 aromatic carbocycles. The van der Waals surface area contributed by atoms with Crippen molar-refractivity contribution >= 4 is 5.91 Å². The average Bonchev–Trinajstić information content (AvgIpc) is 2.49. The fourth-order valence-corrected chi connectivity index (χ4v) is 2.56. The smallest absolute Gasteiger partial charge is 0.222 e. The Kier molecular flexibility index (Phi) is 4.70. The van der Waals surface area contributed by atoms with E-state index in [0.29, 0.717) is 17.7 Å². The lowest BCUT2D eigenvalue weighted by molar-refractivity contribution is -0.125. The minimum absolute atomic E-state index is 0.0616. The summed E-state index contributed by atoms with van der Waals surface area (Å²) in [5.74, 6) is -0.133. The zero-order chi connectivity index (χ0) is 14.5. The largest absolute Gasteiger partial charge is 0.359 e. The number of rotatable bonds is 3. The van der Waals surface area contributed by atoms with Crippen molar-refractivity contribution in [2.75, 3.05) is 20.1 Å². The zero-order valence-electron chi connectivity index (χ0n) is 11.5. The maximum atomic E-state index is 13.7. The van der Waals surface area contributed by atoms with Gasteiger partial charge in [0.25, 0.3) is 0 Å². The summed E-state index contributed by atoms with van der Waals surface area (Å²) in [5, 5.41) is 11.5. The molecule has 1 aliphatic rings. The first-order valence-electron chi connectivity index (χ1n) is 6.76. The summed E-state index contributed by atoms with van der Waals surface area (Å²) >= 11 is 0. The molecule has 4 nitrogen and oxygen atoms in total. The molecule has 0 spiro atoms. The van der Waals surface area contributed by atoms with Gasteiger partial charge in [-0.3, -0.25) is 9.69 Å². The highest BCUT2D eigenvalue weighted by molar-refractivity contribution is 5.78. The molecule has 2 rings (SSSR count). The van der Waals surface area contributed by atoms with Crippen LogP contribution in [-0.2, 0) is 11.3 Å². The molecule has 106 valence electrons. The molecule has 0 radical (unpaired) electrons. The van der Waals surface area contributed by atoms with Crippen LogP contribution < -0.4 is 5.32 Å². The van der Waals surface area contributed by atoms with Crippen LogP contribution in [0.2, 0.25) is 0 Å². The number of hydrogen-bond donors (Lipinski definition) is 1. The first kappa shape index (κ1) is 14.5. The third-order valence-corrected chi connectivity index (χ3v) is 3.77. The Bertz CT molecular complexity index is 530. The Morgan fingerprint density at radius 3 is 2.80 bits per heavy atom. The Balaban J connectivity index is 1.96. The second-order valence-corrected chi connectivity index (χ2v) is 5.08. The first-order valence-corrected chi connectivity index (χ1v) is 6.76. The van der Waals surface area contributed by atoms with Crippen LogP contribution in [0.1, 0.15) is 24.0 Å². The van der Waals surface area contributed by atoms with E-state index in [1.807, 2.05) is 6.07 Å². The van der Waals surface area contributed by atoms with E-state index in [1.165, 1.54) is 12.1 Å².